The Bertz CT molecular complexity index is 370. The molecule has 0 saturated heterocycles. The van der Waals surface area contributed by atoms with Gasteiger partial charge in [0.25, 0.3) is 0 Å². The molecular formula is C15H23NO2S. The second kappa shape index (κ2) is 8.99. The summed E-state index contributed by atoms with van der Waals surface area (Å²) in [6.07, 6.45) is 2.09. The van der Waals surface area contributed by atoms with Crippen LogP contribution in [0.3, 0.4) is 0 Å². The first-order valence-corrected chi connectivity index (χ1v) is 7.91. The Morgan fingerprint density at radius 2 is 2.05 bits per heavy atom. The van der Waals surface area contributed by atoms with Gasteiger partial charge in [-0.25, -0.2) is 0 Å². The number of rotatable bonds is 8. The number of hydrogen-bond acceptors (Lipinski definition) is 4. The predicted molar refractivity (Wildman–Crippen MR) is 81.3 cm³/mol. The maximum Gasteiger partial charge on any atom is 0.310 e. The first-order chi connectivity index (χ1) is 9.13. The fourth-order valence-electron chi connectivity index (χ4n) is 1.75. The molecule has 0 fully saturated rings. The third kappa shape index (κ3) is 6.64. The first kappa shape index (κ1) is 16.1. The molecule has 0 radical (unpaired) electrons. The Morgan fingerprint density at radius 1 is 1.37 bits per heavy atom. The molecule has 0 N–H and O–H groups in total. The number of hydrogen-bond donors (Lipinski definition) is 0. The third-order valence-electron chi connectivity index (χ3n) is 2.89. The summed E-state index contributed by atoms with van der Waals surface area (Å²) >= 11 is 1.82. The minimum atomic E-state index is -0.125. The minimum absolute atomic E-state index is 0.0874. The zero-order chi connectivity index (χ0) is 14.1. The average molecular weight is 281 g/mol. The van der Waals surface area contributed by atoms with Crippen LogP contribution >= 0.6 is 11.8 Å². The summed E-state index contributed by atoms with van der Waals surface area (Å²) in [5.41, 5.74) is 1.03. The Morgan fingerprint density at radius 3 is 2.68 bits per heavy atom. The molecule has 1 aromatic carbocycles. The van der Waals surface area contributed by atoms with Gasteiger partial charge in [-0.1, -0.05) is 37.3 Å². The van der Waals surface area contributed by atoms with Gasteiger partial charge in [0.05, 0.1) is 5.92 Å². The molecular weight excluding hydrogens is 258 g/mol. The fraction of sp³-hybridized carbons (Fsp3) is 0.533. The summed E-state index contributed by atoms with van der Waals surface area (Å²) in [7, 11) is 2.04. The van der Waals surface area contributed by atoms with Crippen molar-refractivity contribution in [3.8, 4) is 0 Å². The van der Waals surface area contributed by atoms with Gasteiger partial charge in [0.15, 0.2) is 0 Å². The van der Waals surface area contributed by atoms with Gasteiger partial charge in [0.1, 0.15) is 6.61 Å². The Balaban J connectivity index is 2.28. The Labute approximate surface area is 120 Å². The number of thioether (sulfide) groups is 1. The average Bonchev–Trinajstić information content (AvgIpc) is 2.43. The van der Waals surface area contributed by atoms with E-state index in [0.29, 0.717) is 6.61 Å². The first-order valence-electron chi connectivity index (χ1n) is 6.51. The van der Waals surface area contributed by atoms with Crippen LogP contribution < -0.4 is 0 Å². The van der Waals surface area contributed by atoms with Gasteiger partial charge < -0.3 is 9.64 Å². The number of nitrogens with zero attached hydrogens (tertiary/aromatic N) is 1. The molecule has 0 aromatic heterocycles. The lowest BCUT2D eigenvalue weighted by Crippen LogP contribution is -2.31. The fourth-order valence-corrected chi connectivity index (χ4v) is 2.25. The summed E-state index contributed by atoms with van der Waals surface area (Å²) in [5.74, 6) is 0.873. The maximum atomic E-state index is 11.9. The summed E-state index contributed by atoms with van der Waals surface area (Å²) in [5, 5.41) is 0. The minimum Gasteiger partial charge on any atom is -0.461 e. The van der Waals surface area contributed by atoms with E-state index in [-0.39, 0.29) is 11.9 Å². The second-order valence-corrected chi connectivity index (χ2v) is 5.73. The van der Waals surface area contributed by atoms with Crippen molar-refractivity contribution >= 4 is 17.7 Å². The zero-order valence-corrected chi connectivity index (χ0v) is 12.8. The molecule has 0 amide bonds. The molecule has 19 heavy (non-hydrogen) atoms. The molecule has 1 rings (SSSR count). The van der Waals surface area contributed by atoms with E-state index in [4.69, 9.17) is 4.74 Å². The largest absolute Gasteiger partial charge is 0.461 e. The summed E-state index contributed by atoms with van der Waals surface area (Å²) < 4.78 is 5.32. The van der Waals surface area contributed by atoms with Crippen LogP contribution in [0.25, 0.3) is 0 Å². The van der Waals surface area contributed by atoms with Crippen molar-refractivity contribution in [2.24, 2.45) is 5.92 Å². The third-order valence-corrected chi connectivity index (χ3v) is 3.48. The summed E-state index contributed by atoms with van der Waals surface area (Å²) in [6, 6.07) is 9.77. The highest BCUT2D eigenvalue weighted by molar-refractivity contribution is 7.98. The van der Waals surface area contributed by atoms with E-state index in [1.165, 1.54) is 0 Å². The highest BCUT2D eigenvalue weighted by Crippen LogP contribution is 2.06. The molecule has 0 aliphatic carbocycles. The highest BCUT2D eigenvalue weighted by Gasteiger charge is 2.16. The van der Waals surface area contributed by atoms with Crippen LogP contribution in [-0.4, -0.2) is 43.0 Å². The predicted octanol–water partition coefficient (Wildman–Crippen LogP) is 2.66. The van der Waals surface area contributed by atoms with Crippen LogP contribution in [0.2, 0.25) is 0 Å². The van der Waals surface area contributed by atoms with Crippen LogP contribution in [0.15, 0.2) is 30.3 Å². The highest BCUT2D eigenvalue weighted by atomic mass is 32.2. The molecule has 1 unspecified atom stereocenters. The lowest BCUT2D eigenvalue weighted by atomic mass is 10.1. The van der Waals surface area contributed by atoms with Crippen LogP contribution in [0, 0.1) is 5.92 Å². The number of ether oxygens (including phenoxy) is 1. The van der Waals surface area contributed by atoms with Gasteiger partial charge in [-0.15, -0.1) is 0 Å². The topological polar surface area (TPSA) is 29.5 Å². The van der Waals surface area contributed by atoms with Gasteiger partial charge in [-0.3, -0.25) is 4.79 Å². The molecule has 0 aliphatic rings. The molecule has 0 spiro atoms. The Kier molecular flexibility index (Phi) is 7.60. The second-order valence-electron chi connectivity index (χ2n) is 4.75. The number of carbonyl (C=O) groups is 1. The molecule has 0 saturated carbocycles. The maximum absolute atomic E-state index is 11.9. The smallest absolute Gasteiger partial charge is 0.310 e. The van der Waals surface area contributed by atoms with Crippen LogP contribution in [0.1, 0.15) is 12.5 Å². The van der Waals surface area contributed by atoms with E-state index in [1.807, 2.05) is 56.1 Å². The van der Waals surface area contributed by atoms with Gasteiger partial charge >= 0.3 is 5.97 Å². The van der Waals surface area contributed by atoms with E-state index in [9.17, 15) is 4.79 Å². The van der Waals surface area contributed by atoms with Crippen molar-refractivity contribution in [2.45, 2.75) is 13.5 Å². The van der Waals surface area contributed by atoms with Gasteiger partial charge in [-0.05, 0) is 18.9 Å². The van der Waals surface area contributed by atoms with Crippen molar-refractivity contribution in [1.29, 1.82) is 0 Å². The van der Waals surface area contributed by atoms with E-state index < -0.39 is 0 Å². The molecule has 3 nitrogen and oxygen atoms in total. The number of esters is 1. The summed E-state index contributed by atoms with van der Waals surface area (Å²) in [4.78, 5) is 14.0. The van der Waals surface area contributed by atoms with Gasteiger partial charge in [-0.2, -0.15) is 11.8 Å². The normalized spacial score (nSPS) is 12.4. The van der Waals surface area contributed by atoms with Gasteiger partial charge in [0, 0.05) is 18.8 Å². The lowest BCUT2D eigenvalue weighted by molar-refractivity contribution is -0.149. The molecule has 1 atom stereocenters. The summed E-state index contributed by atoms with van der Waals surface area (Å²) in [6.45, 7) is 4.02. The van der Waals surface area contributed by atoms with Crippen LogP contribution in [-0.2, 0) is 16.1 Å². The van der Waals surface area contributed by atoms with Crippen molar-refractivity contribution in [1.82, 2.24) is 4.90 Å². The van der Waals surface area contributed by atoms with E-state index in [0.717, 1.165) is 24.4 Å². The zero-order valence-electron chi connectivity index (χ0n) is 12.0. The lowest BCUT2D eigenvalue weighted by Gasteiger charge is -2.19. The molecule has 0 bridgehead atoms. The standard InChI is InChI=1S/C15H23NO2S/c1-13(11-16(2)9-10-19-3)15(17)18-12-14-7-5-4-6-8-14/h4-8,13H,9-12H2,1-3H3. The van der Waals surface area contributed by atoms with E-state index >= 15 is 0 Å². The quantitative estimate of drug-likeness (QED) is 0.685. The van der Waals surface area contributed by atoms with E-state index in [1.54, 1.807) is 0 Å². The van der Waals surface area contributed by atoms with Crippen molar-refractivity contribution in [3.05, 3.63) is 35.9 Å². The molecule has 0 aliphatic heterocycles. The molecule has 106 valence electrons. The Hall–Kier alpha value is -1.00. The molecule has 1 aromatic rings. The van der Waals surface area contributed by atoms with E-state index in [2.05, 4.69) is 11.2 Å². The van der Waals surface area contributed by atoms with Gasteiger partial charge in [0.2, 0.25) is 0 Å². The number of carbonyl (C=O) groups excluding carboxylic acids is 1. The monoisotopic (exact) mass is 281 g/mol. The molecule has 4 heteroatoms. The molecule has 0 heterocycles. The van der Waals surface area contributed by atoms with Crippen molar-refractivity contribution in [3.63, 3.8) is 0 Å². The van der Waals surface area contributed by atoms with Crippen LogP contribution in [0.5, 0.6) is 0 Å². The van der Waals surface area contributed by atoms with Crippen molar-refractivity contribution in [2.75, 3.05) is 32.1 Å². The van der Waals surface area contributed by atoms with Crippen molar-refractivity contribution < 1.29 is 9.53 Å². The van der Waals surface area contributed by atoms with Crippen LogP contribution in [0.4, 0.5) is 0 Å². The number of benzene rings is 1. The SMILES string of the molecule is CSCCN(C)CC(C)C(=O)OCc1ccccc1.